The lowest BCUT2D eigenvalue weighted by atomic mass is 9.95. The van der Waals surface area contributed by atoms with Crippen LogP contribution in [0.25, 0.3) is 11.1 Å². The van der Waals surface area contributed by atoms with Crippen molar-refractivity contribution >= 4 is 58.5 Å². The fraction of sp³-hybridized carbons (Fsp3) is 0.259. The minimum absolute atomic E-state index is 0.182. The number of aryl methyl sites for hydroxylation is 2. The number of carbonyl (C=O) groups is 4. The molecule has 8 nitrogen and oxygen atoms in total. The predicted molar refractivity (Wildman–Crippen MR) is 142 cm³/mol. The third-order valence-corrected chi connectivity index (χ3v) is 8.20. The number of halogens is 1. The van der Waals surface area contributed by atoms with E-state index in [9.17, 15) is 19.2 Å². The topological polar surface area (TPSA) is 97.7 Å². The van der Waals surface area contributed by atoms with E-state index in [1.165, 1.54) is 24.1 Å². The quantitative estimate of drug-likeness (QED) is 0.282. The number of fused-ring (bicyclic) bond motifs is 1. The number of barbiturate groups is 1. The van der Waals surface area contributed by atoms with Crippen LogP contribution in [0, 0.1) is 13.8 Å². The standard InChI is InChI=1S/C27H24ClN3O5S/c1-14-11-16(12-20-23(32)29-27(35)31(24(20)33)18-8-6-7-17(28)13-18)15(2)30(14)25-22(26(34)36-3)19-9-4-5-10-21(19)37-25/h6-8,11-13H,4-5,9-10H2,1-3H3,(H,29,32,35)/b20-12+. The molecule has 0 spiro atoms. The van der Waals surface area contributed by atoms with E-state index in [1.807, 2.05) is 24.5 Å². The first-order valence-corrected chi connectivity index (χ1v) is 13.0. The lowest BCUT2D eigenvalue weighted by Crippen LogP contribution is -2.54. The van der Waals surface area contributed by atoms with Crippen molar-refractivity contribution in [2.75, 3.05) is 12.0 Å². The molecule has 1 N–H and O–H groups in total. The summed E-state index contributed by atoms with van der Waals surface area (Å²) >= 11 is 7.63. The molecule has 3 heterocycles. The first-order chi connectivity index (χ1) is 17.7. The normalized spacial score (nSPS) is 16.7. The van der Waals surface area contributed by atoms with Crippen molar-refractivity contribution in [3.05, 3.63) is 73.9 Å². The summed E-state index contributed by atoms with van der Waals surface area (Å²) in [6.45, 7) is 3.77. The van der Waals surface area contributed by atoms with Gasteiger partial charge in [-0.05, 0) is 81.0 Å². The molecule has 190 valence electrons. The monoisotopic (exact) mass is 537 g/mol. The molecule has 1 saturated heterocycles. The van der Waals surface area contributed by atoms with E-state index in [2.05, 4.69) is 5.32 Å². The van der Waals surface area contributed by atoms with Gasteiger partial charge in [0.15, 0.2) is 0 Å². The molecule has 2 aromatic heterocycles. The number of amides is 4. The van der Waals surface area contributed by atoms with Crippen molar-refractivity contribution in [2.24, 2.45) is 0 Å². The number of imide groups is 2. The summed E-state index contributed by atoms with van der Waals surface area (Å²) in [6.07, 6.45) is 5.32. The van der Waals surface area contributed by atoms with Crippen molar-refractivity contribution in [3.63, 3.8) is 0 Å². The van der Waals surface area contributed by atoms with E-state index < -0.39 is 17.8 Å². The zero-order valence-corrected chi connectivity index (χ0v) is 22.1. The average Bonchev–Trinajstić information content (AvgIpc) is 3.37. The molecule has 5 rings (SSSR count). The number of ether oxygens (including phenoxy) is 1. The zero-order valence-electron chi connectivity index (χ0n) is 20.5. The van der Waals surface area contributed by atoms with Crippen LogP contribution in [-0.4, -0.2) is 35.5 Å². The van der Waals surface area contributed by atoms with Gasteiger partial charge in [0, 0.05) is 21.3 Å². The smallest absolute Gasteiger partial charge is 0.341 e. The molecule has 0 unspecified atom stereocenters. The van der Waals surface area contributed by atoms with E-state index in [1.54, 1.807) is 29.5 Å². The number of nitrogens with zero attached hydrogens (tertiary/aromatic N) is 2. The molecule has 37 heavy (non-hydrogen) atoms. The van der Waals surface area contributed by atoms with E-state index in [4.69, 9.17) is 16.3 Å². The number of rotatable bonds is 4. The minimum Gasteiger partial charge on any atom is -0.465 e. The van der Waals surface area contributed by atoms with Gasteiger partial charge in [0.25, 0.3) is 11.8 Å². The molecule has 3 aromatic rings. The molecule has 2 aliphatic rings. The largest absolute Gasteiger partial charge is 0.465 e. The van der Waals surface area contributed by atoms with Gasteiger partial charge >= 0.3 is 12.0 Å². The number of benzene rings is 1. The van der Waals surface area contributed by atoms with Crippen molar-refractivity contribution < 1.29 is 23.9 Å². The van der Waals surface area contributed by atoms with Crippen LogP contribution < -0.4 is 10.2 Å². The summed E-state index contributed by atoms with van der Waals surface area (Å²) in [7, 11) is 1.38. The Hall–Kier alpha value is -3.69. The second kappa shape index (κ2) is 9.64. The minimum atomic E-state index is -0.841. The summed E-state index contributed by atoms with van der Waals surface area (Å²) in [6, 6.07) is 7.29. The fourth-order valence-corrected chi connectivity index (χ4v) is 6.60. The summed E-state index contributed by atoms with van der Waals surface area (Å²) < 4.78 is 7.09. The van der Waals surface area contributed by atoms with E-state index in [0.717, 1.165) is 52.5 Å². The molecule has 0 saturated carbocycles. The molecular formula is C27H24ClN3O5S. The summed E-state index contributed by atoms with van der Waals surface area (Å²) in [5, 5.41) is 3.36. The van der Waals surface area contributed by atoms with Crippen molar-refractivity contribution in [3.8, 4) is 5.00 Å². The fourth-order valence-electron chi connectivity index (χ4n) is 4.93. The number of aromatic nitrogens is 1. The van der Waals surface area contributed by atoms with Gasteiger partial charge in [-0.1, -0.05) is 17.7 Å². The third kappa shape index (κ3) is 4.28. The molecular weight excluding hydrogens is 514 g/mol. The first-order valence-electron chi connectivity index (χ1n) is 11.8. The Kier molecular flexibility index (Phi) is 6.51. The van der Waals surface area contributed by atoms with E-state index in [-0.39, 0.29) is 17.2 Å². The van der Waals surface area contributed by atoms with Crippen LogP contribution in [-0.2, 0) is 27.2 Å². The van der Waals surface area contributed by atoms with Crippen LogP contribution in [0.2, 0.25) is 5.02 Å². The molecule has 4 amide bonds. The highest BCUT2D eigenvalue weighted by atomic mass is 35.5. The zero-order chi connectivity index (χ0) is 26.4. The molecule has 1 aliphatic heterocycles. The highest BCUT2D eigenvalue weighted by molar-refractivity contribution is 7.15. The van der Waals surface area contributed by atoms with Gasteiger partial charge in [0.05, 0.1) is 18.4 Å². The number of esters is 1. The van der Waals surface area contributed by atoms with E-state index in [0.29, 0.717) is 16.1 Å². The molecule has 1 aliphatic carbocycles. The van der Waals surface area contributed by atoms with Crippen molar-refractivity contribution in [1.82, 2.24) is 9.88 Å². The molecule has 0 radical (unpaired) electrons. The van der Waals surface area contributed by atoms with Crippen LogP contribution in [0.4, 0.5) is 10.5 Å². The molecule has 10 heteroatoms. The number of hydrogen-bond acceptors (Lipinski definition) is 6. The number of nitrogens with one attached hydrogen (secondary N) is 1. The van der Waals surface area contributed by atoms with Crippen molar-refractivity contribution in [1.29, 1.82) is 0 Å². The van der Waals surface area contributed by atoms with Gasteiger partial charge in [0.2, 0.25) is 0 Å². The van der Waals surface area contributed by atoms with Gasteiger partial charge in [-0.15, -0.1) is 11.3 Å². The lowest BCUT2D eigenvalue weighted by Gasteiger charge is -2.26. The predicted octanol–water partition coefficient (Wildman–Crippen LogP) is 5.14. The second-order valence-electron chi connectivity index (χ2n) is 8.98. The SMILES string of the molecule is COC(=O)c1c(-n2c(C)cc(/C=C3\C(=O)NC(=O)N(c4cccc(Cl)c4)C3=O)c2C)sc2c1CCCC2. The number of carbonyl (C=O) groups excluding carboxylic acids is 4. The Balaban J connectivity index is 1.60. The Bertz CT molecular complexity index is 1520. The highest BCUT2D eigenvalue weighted by Gasteiger charge is 2.37. The molecule has 1 fully saturated rings. The summed E-state index contributed by atoms with van der Waals surface area (Å²) in [5.41, 5.74) is 3.90. The van der Waals surface area contributed by atoms with Gasteiger partial charge in [0.1, 0.15) is 10.6 Å². The van der Waals surface area contributed by atoms with Crippen LogP contribution in [0.1, 0.15) is 50.6 Å². The Morgan fingerprint density at radius 3 is 2.62 bits per heavy atom. The van der Waals surface area contributed by atoms with Crippen molar-refractivity contribution in [2.45, 2.75) is 39.5 Å². The number of methoxy groups -OCH3 is 1. The van der Waals surface area contributed by atoms with Crippen LogP contribution >= 0.6 is 22.9 Å². The maximum Gasteiger partial charge on any atom is 0.341 e. The number of anilines is 1. The third-order valence-electron chi connectivity index (χ3n) is 6.68. The molecule has 1 aromatic carbocycles. The molecule has 0 bridgehead atoms. The van der Waals surface area contributed by atoms with Crippen LogP contribution in [0.3, 0.4) is 0 Å². The van der Waals surface area contributed by atoms with Gasteiger partial charge in [-0.25, -0.2) is 14.5 Å². The first kappa shape index (κ1) is 25.0. The maximum absolute atomic E-state index is 13.3. The van der Waals surface area contributed by atoms with Gasteiger partial charge in [-0.2, -0.15) is 0 Å². The Labute approximate surface area is 222 Å². The number of urea groups is 1. The average molecular weight is 538 g/mol. The van der Waals surface area contributed by atoms with Crippen LogP contribution in [0.5, 0.6) is 0 Å². The maximum atomic E-state index is 13.3. The summed E-state index contributed by atoms with van der Waals surface area (Å²) in [5.74, 6) is -1.90. The van der Waals surface area contributed by atoms with Crippen LogP contribution in [0.15, 0.2) is 35.9 Å². The highest BCUT2D eigenvalue weighted by Crippen LogP contribution is 2.39. The Morgan fingerprint density at radius 1 is 1.14 bits per heavy atom. The lowest BCUT2D eigenvalue weighted by molar-refractivity contribution is -0.122. The van der Waals surface area contributed by atoms with Gasteiger partial charge < -0.3 is 9.30 Å². The Morgan fingerprint density at radius 2 is 1.89 bits per heavy atom. The number of thiophene rings is 1. The summed E-state index contributed by atoms with van der Waals surface area (Å²) in [4.78, 5) is 53.4. The van der Waals surface area contributed by atoms with Gasteiger partial charge in [-0.3, -0.25) is 14.9 Å². The molecule has 0 atom stereocenters. The van der Waals surface area contributed by atoms with E-state index >= 15 is 0 Å². The second-order valence-corrected chi connectivity index (χ2v) is 10.5. The number of hydrogen-bond donors (Lipinski definition) is 1.